The fourth-order valence-corrected chi connectivity index (χ4v) is 2.17. The molecule has 0 aliphatic rings. The van der Waals surface area contributed by atoms with Crippen molar-refractivity contribution in [1.82, 2.24) is 0 Å². The van der Waals surface area contributed by atoms with Crippen LogP contribution < -0.4 is 4.90 Å². The number of hydrogen-bond acceptors (Lipinski definition) is 2. The summed E-state index contributed by atoms with van der Waals surface area (Å²) < 4.78 is 0.948. The maximum absolute atomic E-state index is 11.2. The van der Waals surface area contributed by atoms with Crippen molar-refractivity contribution in [3.63, 3.8) is 0 Å². The van der Waals surface area contributed by atoms with E-state index in [0.717, 1.165) is 28.8 Å². The quantitative estimate of drug-likeness (QED) is 0.606. The number of ketones is 1. The summed E-state index contributed by atoms with van der Waals surface area (Å²) in [5, 5.41) is 0. The van der Waals surface area contributed by atoms with Crippen LogP contribution in [0.4, 0.5) is 5.69 Å². The summed E-state index contributed by atoms with van der Waals surface area (Å²) in [4.78, 5) is 13.4. The second-order valence-corrected chi connectivity index (χ2v) is 4.40. The van der Waals surface area contributed by atoms with E-state index in [-0.39, 0.29) is 5.78 Å². The highest BCUT2D eigenvalue weighted by atomic mass is 79.9. The van der Waals surface area contributed by atoms with E-state index in [1.54, 1.807) is 6.92 Å². The van der Waals surface area contributed by atoms with Crippen LogP contribution in [0.5, 0.6) is 0 Å². The molecule has 1 aromatic rings. The van der Waals surface area contributed by atoms with Gasteiger partial charge in [0.1, 0.15) is 0 Å². The van der Waals surface area contributed by atoms with E-state index in [9.17, 15) is 4.79 Å². The maximum Gasteiger partial charge on any atom is 0.159 e. The molecule has 0 N–H and O–H groups in total. The summed E-state index contributed by atoms with van der Waals surface area (Å²) in [5.41, 5.74) is 1.82. The van der Waals surface area contributed by atoms with Gasteiger partial charge in [0.2, 0.25) is 0 Å². The van der Waals surface area contributed by atoms with E-state index in [2.05, 4.69) is 34.3 Å². The molecule has 0 radical (unpaired) electrons. The average Bonchev–Trinajstić information content (AvgIpc) is 2.26. The summed E-state index contributed by atoms with van der Waals surface area (Å²) in [6, 6.07) is 5.69. The Morgan fingerprint density at radius 3 is 2.69 bits per heavy atom. The highest BCUT2D eigenvalue weighted by molar-refractivity contribution is 9.10. The largest absolute Gasteiger partial charge is 0.367 e. The molecule has 0 spiro atoms. The first kappa shape index (κ1) is 13.0. The lowest BCUT2D eigenvalue weighted by Gasteiger charge is -2.22. The molecule has 0 aliphatic heterocycles. The minimum atomic E-state index is 0.0824. The second kappa shape index (κ2) is 5.85. The van der Waals surface area contributed by atoms with E-state index in [0.29, 0.717) is 0 Å². The van der Waals surface area contributed by atoms with Gasteiger partial charge in [0.05, 0.1) is 5.69 Å². The number of benzene rings is 1. The Balaban J connectivity index is 3.05. The van der Waals surface area contributed by atoms with Crippen molar-refractivity contribution in [1.29, 1.82) is 0 Å². The average molecular weight is 282 g/mol. The van der Waals surface area contributed by atoms with Crippen LogP contribution in [0.3, 0.4) is 0 Å². The molecule has 1 rings (SSSR count). The molecule has 86 valence electrons. The first-order valence-electron chi connectivity index (χ1n) is 5.26. The third-order valence-corrected chi connectivity index (χ3v) is 3.06. The summed E-state index contributed by atoms with van der Waals surface area (Å²) in [6.07, 6.45) is 1.87. The van der Waals surface area contributed by atoms with Crippen molar-refractivity contribution in [2.24, 2.45) is 0 Å². The Morgan fingerprint density at radius 1 is 1.56 bits per heavy atom. The highest BCUT2D eigenvalue weighted by Gasteiger charge is 2.09. The molecule has 3 heteroatoms. The fraction of sp³-hybridized carbons (Fsp3) is 0.308. The Labute approximate surface area is 105 Å². The van der Waals surface area contributed by atoms with E-state index in [1.807, 2.05) is 24.3 Å². The number of rotatable bonds is 5. The van der Waals surface area contributed by atoms with Gasteiger partial charge in [-0.25, -0.2) is 0 Å². The number of hydrogen-bond donors (Lipinski definition) is 0. The van der Waals surface area contributed by atoms with Gasteiger partial charge in [-0.15, -0.1) is 6.58 Å². The van der Waals surface area contributed by atoms with E-state index in [4.69, 9.17) is 0 Å². The molecule has 0 amide bonds. The van der Waals surface area contributed by atoms with Crippen LogP contribution >= 0.6 is 15.9 Å². The molecule has 2 nitrogen and oxygen atoms in total. The SMILES string of the molecule is C=CCN(CC)c1ccc(C(C)=O)cc1Br. The van der Waals surface area contributed by atoms with Gasteiger partial charge in [-0.2, -0.15) is 0 Å². The lowest BCUT2D eigenvalue weighted by molar-refractivity contribution is 0.101. The zero-order valence-corrected chi connectivity index (χ0v) is 11.3. The zero-order valence-electron chi connectivity index (χ0n) is 9.66. The normalized spacial score (nSPS) is 9.94. The molecule has 0 unspecified atom stereocenters. The summed E-state index contributed by atoms with van der Waals surface area (Å²) in [5.74, 6) is 0.0824. The Morgan fingerprint density at radius 2 is 2.25 bits per heavy atom. The third-order valence-electron chi connectivity index (χ3n) is 2.43. The number of carbonyl (C=O) groups excluding carboxylic acids is 1. The molecular formula is C13H16BrNO. The number of halogens is 1. The Bertz CT molecular complexity index is 401. The summed E-state index contributed by atoms with van der Waals surface area (Å²) >= 11 is 3.50. The predicted octanol–water partition coefficient (Wildman–Crippen LogP) is 3.66. The monoisotopic (exact) mass is 281 g/mol. The summed E-state index contributed by atoms with van der Waals surface area (Å²) in [6.45, 7) is 9.11. The third kappa shape index (κ3) is 2.95. The molecule has 0 aliphatic carbocycles. The summed E-state index contributed by atoms with van der Waals surface area (Å²) in [7, 11) is 0. The molecule has 0 saturated carbocycles. The fourth-order valence-electron chi connectivity index (χ4n) is 1.54. The van der Waals surface area contributed by atoms with Gasteiger partial charge in [0.25, 0.3) is 0 Å². The van der Waals surface area contributed by atoms with Gasteiger partial charge in [0.15, 0.2) is 5.78 Å². The highest BCUT2D eigenvalue weighted by Crippen LogP contribution is 2.27. The van der Waals surface area contributed by atoms with Crippen molar-refractivity contribution in [3.8, 4) is 0 Å². The van der Waals surface area contributed by atoms with Crippen LogP contribution in [-0.4, -0.2) is 18.9 Å². The number of nitrogens with zero attached hydrogens (tertiary/aromatic N) is 1. The molecule has 0 heterocycles. The van der Waals surface area contributed by atoms with Crippen molar-refractivity contribution in [2.75, 3.05) is 18.0 Å². The van der Waals surface area contributed by atoms with Gasteiger partial charge in [-0.3, -0.25) is 4.79 Å². The molecule has 0 atom stereocenters. The van der Waals surface area contributed by atoms with Gasteiger partial charge in [-0.05, 0) is 48.0 Å². The van der Waals surface area contributed by atoms with Gasteiger partial charge >= 0.3 is 0 Å². The maximum atomic E-state index is 11.2. The number of carbonyl (C=O) groups is 1. The lowest BCUT2D eigenvalue weighted by atomic mass is 10.1. The van der Waals surface area contributed by atoms with Crippen molar-refractivity contribution >= 4 is 27.4 Å². The van der Waals surface area contributed by atoms with Crippen molar-refractivity contribution in [2.45, 2.75) is 13.8 Å². The van der Waals surface area contributed by atoms with E-state index in [1.165, 1.54) is 0 Å². The lowest BCUT2D eigenvalue weighted by Crippen LogP contribution is -2.22. The minimum Gasteiger partial charge on any atom is -0.367 e. The first-order valence-corrected chi connectivity index (χ1v) is 6.05. The van der Waals surface area contributed by atoms with Crippen LogP contribution in [0.2, 0.25) is 0 Å². The van der Waals surface area contributed by atoms with E-state index >= 15 is 0 Å². The second-order valence-electron chi connectivity index (χ2n) is 3.55. The van der Waals surface area contributed by atoms with Crippen molar-refractivity contribution in [3.05, 3.63) is 40.9 Å². The van der Waals surface area contributed by atoms with Crippen LogP contribution in [0.15, 0.2) is 35.3 Å². The van der Waals surface area contributed by atoms with Gasteiger partial charge < -0.3 is 4.90 Å². The van der Waals surface area contributed by atoms with Crippen LogP contribution in [-0.2, 0) is 0 Å². The molecule has 16 heavy (non-hydrogen) atoms. The van der Waals surface area contributed by atoms with Crippen LogP contribution in [0.25, 0.3) is 0 Å². The molecule has 0 aromatic heterocycles. The smallest absolute Gasteiger partial charge is 0.159 e. The Hall–Kier alpha value is -1.09. The van der Waals surface area contributed by atoms with Gasteiger partial charge in [0, 0.05) is 23.1 Å². The standard InChI is InChI=1S/C13H16BrNO/c1-4-8-15(5-2)13-7-6-11(10(3)16)9-12(13)14/h4,6-7,9H,1,5,8H2,2-3H3. The zero-order chi connectivity index (χ0) is 12.1. The van der Waals surface area contributed by atoms with Gasteiger partial charge in [-0.1, -0.05) is 6.08 Å². The Kier molecular flexibility index (Phi) is 4.74. The number of likely N-dealkylation sites (N-methyl/N-ethyl adjacent to an activating group) is 1. The topological polar surface area (TPSA) is 20.3 Å². The minimum absolute atomic E-state index is 0.0824. The predicted molar refractivity (Wildman–Crippen MR) is 72.2 cm³/mol. The molecule has 1 aromatic carbocycles. The molecule has 0 fully saturated rings. The molecular weight excluding hydrogens is 266 g/mol. The molecule has 0 saturated heterocycles. The number of anilines is 1. The van der Waals surface area contributed by atoms with Crippen molar-refractivity contribution < 1.29 is 4.79 Å². The molecule has 0 bridgehead atoms. The van der Waals surface area contributed by atoms with Crippen LogP contribution in [0, 0.1) is 0 Å². The number of Topliss-reactive ketones (excluding diaryl/α,β-unsaturated/α-hetero) is 1. The van der Waals surface area contributed by atoms with Crippen LogP contribution in [0.1, 0.15) is 24.2 Å². The van der Waals surface area contributed by atoms with E-state index < -0.39 is 0 Å². The first-order chi connectivity index (χ1) is 7.60.